The summed E-state index contributed by atoms with van der Waals surface area (Å²) in [6.07, 6.45) is 6.88. The summed E-state index contributed by atoms with van der Waals surface area (Å²) in [5.74, 6) is 2.90. The van der Waals surface area contributed by atoms with Crippen molar-refractivity contribution in [2.45, 2.75) is 0 Å². The fourth-order valence-corrected chi connectivity index (χ4v) is 5.12. The van der Waals surface area contributed by atoms with E-state index in [1.165, 1.54) is 0 Å². The van der Waals surface area contributed by atoms with Crippen molar-refractivity contribution in [2.75, 3.05) is 0 Å². The van der Waals surface area contributed by atoms with Gasteiger partial charge in [-0.25, -0.2) is 29.9 Å². The van der Waals surface area contributed by atoms with Crippen LogP contribution >= 0.6 is 0 Å². The third-order valence-corrected chi connectivity index (χ3v) is 7.42. The van der Waals surface area contributed by atoms with Gasteiger partial charge in [-0.3, -0.25) is 19.9 Å². The average Bonchev–Trinajstić information content (AvgIpc) is 3.19. The van der Waals surface area contributed by atoms with Crippen LogP contribution in [-0.2, 0) is 0 Å². The first-order chi connectivity index (χ1) is 23.8. The molecule has 0 radical (unpaired) electrons. The second-order valence-electron chi connectivity index (χ2n) is 10.6. The van der Waals surface area contributed by atoms with Crippen LogP contribution in [0.1, 0.15) is 0 Å². The molecule has 0 N–H and O–H groups in total. The second kappa shape index (κ2) is 12.8. The Kier molecular flexibility index (Phi) is 7.62. The van der Waals surface area contributed by atoms with E-state index in [1.54, 1.807) is 24.8 Å². The van der Waals surface area contributed by atoms with E-state index >= 15 is 0 Å². The van der Waals surface area contributed by atoms with Gasteiger partial charge in [0.25, 0.3) is 0 Å². The molecule has 8 aromatic rings. The fourth-order valence-electron chi connectivity index (χ4n) is 5.12. The lowest BCUT2D eigenvalue weighted by molar-refractivity contribution is 1.04. The Morgan fingerprint density at radius 3 is 0.833 bits per heavy atom. The lowest BCUT2D eigenvalue weighted by atomic mass is 10.0. The van der Waals surface area contributed by atoms with E-state index in [-0.39, 0.29) is 0 Å². The first kappa shape index (κ1) is 28.5. The van der Waals surface area contributed by atoms with Crippen molar-refractivity contribution >= 4 is 0 Å². The van der Waals surface area contributed by atoms with Crippen molar-refractivity contribution in [3.8, 4) is 80.0 Å². The van der Waals surface area contributed by atoms with E-state index in [0.717, 1.165) is 22.3 Å². The molecule has 48 heavy (non-hydrogen) atoms. The van der Waals surface area contributed by atoms with Crippen LogP contribution in [0.4, 0.5) is 0 Å². The number of hydrogen-bond donors (Lipinski definition) is 0. The minimum atomic E-state index is 0.468. The van der Waals surface area contributed by atoms with Gasteiger partial charge in [0.15, 0.2) is 34.9 Å². The molecule has 0 saturated heterocycles. The molecule has 226 valence electrons. The monoisotopic (exact) mass is 620 g/mol. The number of aromatic nitrogens is 10. The van der Waals surface area contributed by atoms with Crippen LogP contribution in [0.25, 0.3) is 80.0 Å². The first-order valence-corrected chi connectivity index (χ1v) is 15.2. The Labute approximate surface area is 275 Å². The molecule has 10 nitrogen and oxygen atoms in total. The number of benzene rings is 2. The highest BCUT2D eigenvalue weighted by atomic mass is 15.1. The summed E-state index contributed by atoms with van der Waals surface area (Å²) in [7, 11) is 0. The van der Waals surface area contributed by atoms with Crippen LogP contribution in [0, 0.1) is 0 Å². The van der Waals surface area contributed by atoms with Crippen LogP contribution < -0.4 is 0 Å². The van der Waals surface area contributed by atoms with Gasteiger partial charge in [-0.05, 0) is 71.8 Å². The molecule has 2 aromatic carbocycles. The molecule has 6 aromatic heterocycles. The molecule has 0 aliphatic heterocycles. The Morgan fingerprint density at radius 2 is 0.542 bits per heavy atom. The molecule has 0 unspecified atom stereocenters. The van der Waals surface area contributed by atoms with Crippen molar-refractivity contribution in [3.05, 3.63) is 146 Å². The molecule has 6 heterocycles. The van der Waals surface area contributed by atoms with Crippen molar-refractivity contribution in [2.24, 2.45) is 0 Å². The summed E-state index contributed by atoms with van der Waals surface area (Å²) in [4.78, 5) is 46.6. The molecular weight excluding hydrogens is 596 g/mol. The molecule has 0 amide bonds. The Bertz CT molecular complexity index is 2050. The lowest BCUT2D eigenvalue weighted by Gasteiger charge is -2.10. The summed E-state index contributed by atoms with van der Waals surface area (Å²) in [5, 5.41) is 0. The smallest absolute Gasteiger partial charge is 0.182 e. The van der Waals surface area contributed by atoms with Gasteiger partial charge in [0, 0.05) is 35.9 Å². The highest BCUT2D eigenvalue weighted by molar-refractivity contribution is 5.75. The van der Waals surface area contributed by atoms with Crippen molar-refractivity contribution in [1.29, 1.82) is 0 Å². The van der Waals surface area contributed by atoms with Gasteiger partial charge in [0.05, 0.1) is 0 Å². The quantitative estimate of drug-likeness (QED) is 0.179. The largest absolute Gasteiger partial charge is 0.253 e. The summed E-state index contributed by atoms with van der Waals surface area (Å²) < 4.78 is 0. The first-order valence-electron chi connectivity index (χ1n) is 15.2. The standard InChI is InChI=1S/C38H24N10/c1-5-19-39-29(15-1)35-43-33(44-36(47-35)30-16-2-6-20-40-30)27-13-9-11-25(23-27)26-12-10-14-28(24-26)34-45-37(31-17-3-7-21-41-31)48-38(46-34)32-18-4-8-22-42-32/h1-24H. The van der Waals surface area contributed by atoms with Gasteiger partial charge in [-0.1, -0.05) is 60.7 Å². The summed E-state index contributed by atoms with van der Waals surface area (Å²) in [6, 6.07) is 38.7. The molecule has 10 heteroatoms. The Balaban J connectivity index is 1.21. The zero-order chi connectivity index (χ0) is 32.1. The zero-order valence-electron chi connectivity index (χ0n) is 25.3. The fraction of sp³-hybridized carbons (Fsp3) is 0. The molecule has 0 bridgehead atoms. The average molecular weight is 621 g/mol. The van der Waals surface area contributed by atoms with Crippen LogP contribution in [0.2, 0.25) is 0 Å². The highest BCUT2D eigenvalue weighted by Gasteiger charge is 2.16. The van der Waals surface area contributed by atoms with Gasteiger partial charge in [0.2, 0.25) is 0 Å². The summed E-state index contributed by atoms with van der Waals surface area (Å²) in [5.41, 5.74) is 6.18. The number of rotatable bonds is 7. The summed E-state index contributed by atoms with van der Waals surface area (Å²) >= 11 is 0. The Hall–Kier alpha value is -6.94. The van der Waals surface area contributed by atoms with E-state index in [2.05, 4.69) is 44.2 Å². The van der Waals surface area contributed by atoms with E-state index in [9.17, 15) is 0 Å². The van der Waals surface area contributed by atoms with Gasteiger partial charge in [-0.15, -0.1) is 0 Å². The molecule has 0 atom stereocenters. The zero-order valence-corrected chi connectivity index (χ0v) is 25.3. The van der Waals surface area contributed by atoms with Crippen molar-refractivity contribution in [1.82, 2.24) is 49.8 Å². The maximum Gasteiger partial charge on any atom is 0.182 e. The number of hydrogen-bond acceptors (Lipinski definition) is 10. The Morgan fingerprint density at radius 1 is 0.250 bits per heavy atom. The molecule has 8 rings (SSSR count). The van der Waals surface area contributed by atoms with E-state index in [1.807, 2.05) is 97.1 Å². The van der Waals surface area contributed by atoms with Gasteiger partial charge >= 0.3 is 0 Å². The topological polar surface area (TPSA) is 129 Å². The van der Waals surface area contributed by atoms with E-state index < -0.39 is 0 Å². The molecule has 0 spiro atoms. The van der Waals surface area contributed by atoms with Gasteiger partial charge in [0.1, 0.15) is 22.8 Å². The SMILES string of the molecule is c1ccc(-c2nc(-c3cccc(-c4cccc(-c5nc(-c6ccccn6)nc(-c6ccccn6)n5)c4)c3)nc(-c3ccccn3)n2)nc1. The van der Waals surface area contributed by atoms with Gasteiger partial charge < -0.3 is 0 Å². The number of pyridine rings is 4. The molecule has 0 aliphatic carbocycles. The third kappa shape index (κ3) is 6.01. The maximum atomic E-state index is 4.83. The maximum absolute atomic E-state index is 4.83. The van der Waals surface area contributed by atoms with Crippen LogP contribution in [0.5, 0.6) is 0 Å². The van der Waals surface area contributed by atoms with Crippen molar-refractivity contribution < 1.29 is 0 Å². The summed E-state index contributed by atoms with van der Waals surface area (Å²) in [6.45, 7) is 0. The minimum Gasteiger partial charge on any atom is -0.253 e. The second-order valence-corrected chi connectivity index (χ2v) is 10.6. The van der Waals surface area contributed by atoms with E-state index in [4.69, 9.17) is 29.9 Å². The van der Waals surface area contributed by atoms with Crippen LogP contribution in [0.15, 0.2) is 146 Å². The van der Waals surface area contributed by atoms with Crippen molar-refractivity contribution in [3.63, 3.8) is 0 Å². The van der Waals surface area contributed by atoms with Crippen LogP contribution in [0.3, 0.4) is 0 Å². The third-order valence-electron chi connectivity index (χ3n) is 7.42. The molecule has 0 saturated carbocycles. The molecular formula is C38H24N10. The predicted octanol–water partition coefficient (Wildman–Crippen LogP) is 7.31. The molecule has 0 aliphatic rings. The lowest BCUT2D eigenvalue weighted by Crippen LogP contribution is -2.02. The van der Waals surface area contributed by atoms with Crippen LogP contribution in [-0.4, -0.2) is 49.8 Å². The molecule has 0 fully saturated rings. The van der Waals surface area contributed by atoms with E-state index in [0.29, 0.717) is 57.7 Å². The minimum absolute atomic E-state index is 0.468. The normalized spacial score (nSPS) is 10.9. The number of nitrogens with zero attached hydrogens (tertiary/aromatic N) is 10. The predicted molar refractivity (Wildman–Crippen MR) is 182 cm³/mol. The van der Waals surface area contributed by atoms with Gasteiger partial charge in [-0.2, -0.15) is 0 Å². The highest BCUT2D eigenvalue weighted by Crippen LogP contribution is 2.30.